The molecule has 0 unspecified atom stereocenters. The molecule has 0 spiro atoms. The molecule has 0 bridgehead atoms. The number of hydrogen-bond donors (Lipinski definition) is 1. The van der Waals surface area contributed by atoms with Crippen LogP contribution in [0.15, 0.2) is 24.4 Å². The molecule has 124 valence electrons. The molecule has 3 rings (SSSR count). The van der Waals surface area contributed by atoms with Gasteiger partial charge in [-0.15, -0.1) is 11.3 Å². The fourth-order valence-corrected chi connectivity index (χ4v) is 3.95. The van der Waals surface area contributed by atoms with Gasteiger partial charge in [-0.3, -0.25) is 4.79 Å². The van der Waals surface area contributed by atoms with Crippen molar-refractivity contribution in [3.63, 3.8) is 0 Å². The van der Waals surface area contributed by atoms with E-state index in [0.29, 0.717) is 17.3 Å². The molecule has 0 saturated heterocycles. The number of carbonyl (C=O) groups excluding carboxylic acids is 1. The first kappa shape index (κ1) is 16.4. The van der Waals surface area contributed by atoms with Gasteiger partial charge < -0.3 is 10.1 Å². The summed E-state index contributed by atoms with van der Waals surface area (Å²) in [5.74, 6) is 0.478. The highest BCUT2D eigenvalue weighted by molar-refractivity contribution is 7.20. The Morgan fingerprint density at radius 1 is 1.29 bits per heavy atom. The van der Waals surface area contributed by atoms with E-state index in [1.165, 1.54) is 11.3 Å². The van der Waals surface area contributed by atoms with Crippen LogP contribution < -0.4 is 10.1 Å². The molecule has 1 amide bonds. The van der Waals surface area contributed by atoms with Crippen LogP contribution in [0.25, 0.3) is 10.2 Å². The molecule has 3 aromatic heterocycles. The van der Waals surface area contributed by atoms with Crippen molar-refractivity contribution in [2.24, 2.45) is 0 Å². The number of rotatable bonds is 4. The van der Waals surface area contributed by atoms with E-state index in [0.717, 1.165) is 32.6 Å². The van der Waals surface area contributed by atoms with Gasteiger partial charge >= 0.3 is 0 Å². The van der Waals surface area contributed by atoms with Gasteiger partial charge in [0.15, 0.2) is 0 Å². The fraction of sp³-hybridized carbons (Fsp3) is 0.278. The van der Waals surface area contributed by atoms with E-state index in [2.05, 4.69) is 22.2 Å². The Labute approximate surface area is 144 Å². The van der Waals surface area contributed by atoms with E-state index in [1.54, 1.807) is 19.4 Å². The lowest BCUT2D eigenvalue weighted by molar-refractivity contribution is 0.0954. The first-order chi connectivity index (χ1) is 11.5. The van der Waals surface area contributed by atoms with Crippen molar-refractivity contribution in [2.45, 2.75) is 27.3 Å². The average molecular weight is 341 g/mol. The third-order valence-corrected chi connectivity index (χ3v) is 5.08. The standard InChI is InChI=1S/C18H19N3O2S/c1-10-7-11(2)21-18-15(10)12(3)16(24-18)17(22)20-9-13-5-6-14(23-4)19-8-13/h5-8H,9H2,1-4H3,(H,20,22). The lowest BCUT2D eigenvalue weighted by Gasteiger charge is -2.05. The maximum absolute atomic E-state index is 12.6. The molecule has 0 saturated carbocycles. The number of fused-ring (bicyclic) bond motifs is 1. The Hall–Kier alpha value is -2.47. The van der Waals surface area contributed by atoms with Crippen LogP contribution in [-0.2, 0) is 6.54 Å². The number of nitrogens with one attached hydrogen (secondary N) is 1. The second kappa shape index (κ2) is 6.57. The molecular weight excluding hydrogens is 322 g/mol. The molecule has 1 N–H and O–H groups in total. The highest BCUT2D eigenvalue weighted by Crippen LogP contribution is 2.32. The van der Waals surface area contributed by atoms with Gasteiger partial charge in [-0.1, -0.05) is 6.07 Å². The number of methoxy groups -OCH3 is 1. The molecule has 0 fully saturated rings. The minimum atomic E-state index is -0.0802. The third-order valence-electron chi connectivity index (χ3n) is 3.89. The Balaban J connectivity index is 1.80. The van der Waals surface area contributed by atoms with E-state index in [4.69, 9.17) is 4.74 Å². The number of ether oxygens (including phenoxy) is 1. The van der Waals surface area contributed by atoms with Crippen molar-refractivity contribution in [1.82, 2.24) is 15.3 Å². The van der Waals surface area contributed by atoms with E-state index in [1.807, 2.05) is 26.0 Å². The number of carbonyl (C=O) groups is 1. The fourth-order valence-electron chi connectivity index (χ4n) is 2.73. The summed E-state index contributed by atoms with van der Waals surface area (Å²) < 4.78 is 5.03. The summed E-state index contributed by atoms with van der Waals surface area (Å²) in [6.07, 6.45) is 1.70. The number of hydrogen-bond acceptors (Lipinski definition) is 5. The van der Waals surface area contributed by atoms with Crippen molar-refractivity contribution in [1.29, 1.82) is 0 Å². The second-order valence-electron chi connectivity index (χ2n) is 5.71. The zero-order chi connectivity index (χ0) is 17.3. The summed E-state index contributed by atoms with van der Waals surface area (Å²) in [6, 6.07) is 5.72. The second-order valence-corrected chi connectivity index (χ2v) is 6.71. The van der Waals surface area contributed by atoms with Gasteiger partial charge in [0.05, 0.1) is 12.0 Å². The highest BCUT2D eigenvalue weighted by Gasteiger charge is 2.17. The Kier molecular flexibility index (Phi) is 4.49. The summed E-state index contributed by atoms with van der Waals surface area (Å²) in [7, 11) is 1.58. The summed E-state index contributed by atoms with van der Waals surface area (Å²) in [5, 5.41) is 4.04. The average Bonchev–Trinajstić information content (AvgIpc) is 2.90. The van der Waals surface area contributed by atoms with E-state index in [-0.39, 0.29) is 5.91 Å². The zero-order valence-corrected chi connectivity index (χ0v) is 15.0. The van der Waals surface area contributed by atoms with Crippen LogP contribution >= 0.6 is 11.3 Å². The molecule has 0 aliphatic carbocycles. The molecule has 3 heterocycles. The van der Waals surface area contributed by atoms with Gasteiger partial charge in [0.1, 0.15) is 4.83 Å². The molecule has 5 nitrogen and oxygen atoms in total. The van der Waals surface area contributed by atoms with Crippen LogP contribution in [-0.4, -0.2) is 23.0 Å². The number of aromatic nitrogens is 2. The normalized spacial score (nSPS) is 10.8. The zero-order valence-electron chi connectivity index (χ0n) is 14.1. The van der Waals surface area contributed by atoms with Crippen molar-refractivity contribution in [3.8, 4) is 5.88 Å². The van der Waals surface area contributed by atoms with Crippen molar-refractivity contribution in [2.75, 3.05) is 7.11 Å². The Morgan fingerprint density at radius 2 is 2.08 bits per heavy atom. The van der Waals surface area contributed by atoms with E-state index >= 15 is 0 Å². The molecule has 0 atom stereocenters. The van der Waals surface area contributed by atoms with Crippen LogP contribution in [0.5, 0.6) is 5.88 Å². The maximum Gasteiger partial charge on any atom is 0.261 e. The third kappa shape index (κ3) is 3.10. The molecule has 0 aliphatic heterocycles. The number of nitrogens with zero attached hydrogens (tertiary/aromatic N) is 2. The number of pyridine rings is 2. The molecule has 0 aromatic carbocycles. The topological polar surface area (TPSA) is 64.1 Å². The Morgan fingerprint density at radius 3 is 2.75 bits per heavy atom. The van der Waals surface area contributed by atoms with E-state index in [9.17, 15) is 4.79 Å². The van der Waals surface area contributed by atoms with Gasteiger partial charge in [0.25, 0.3) is 5.91 Å². The van der Waals surface area contributed by atoms with Crippen LogP contribution in [0, 0.1) is 20.8 Å². The number of aryl methyl sites for hydroxylation is 3. The molecular formula is C18H19N3O2S. The van der Waals surface area contributed by atoms with Gasteiger partial charge in [0, 0.05) is 29.9 Å². The summed E-state index contributed by atoms with van der Waals surface area (Å²) in [5.41, 5.74) is 4.04. The van der Waals surface area contributed by atoms with Crippen LogP contribution in [0.2, 0.25) is 0 Å². The van der Waals surface area contributed by atoms with Crippen LogP contribution in [0.4, 0.5) is 0 Å². The summed E-state index contributed by atoms with van der Waals surface area (Å²) in [6.45, 7) is 6.43. The smallest absolute Gasteiger partial charge is 0.261 e. The molecule has 6 heteroatoms. The lowest BCUT2D eigenvalue weighted by Crippen LogP contribution is -2.22. The first-order valence-electron chi connectivity index (χ1n) is 7.64. The number of amides is 1. The predicted octanol–water partition coefficient (Wildman–Crippen LogP) is 3.56. The number of thiophene rings is 1. The van der Waals surface area contributed by atoms with Crippen LogP contribution in [0.3, 0.4) is 0 Å². The monoisotopic (exact) mass is 341 g/mol. The Bertz CT molecular complexity index is 901. The van der Waals surface area contributed by atoms with Crippen molar-refractivity contribution >= 4 is 27.5 Å². The SMILES string of the molecule is COc1ccc(CNC(=O)c2sc3nc(C)cc(C)c3c2C)cn1. The van der Waals surface area contributed by atoms with Gasteiger partial charge in [-0.25, -0.2) is 9.97 Å². The minimum Gasteiger partial charge on any atom is -0.481 e. The van der Waals surface area contributed by atoms with Gasteiger partial charge in [-0.05, 0) is 43.5 Å². The molecule has 0 aliphatic rings. The molecule has 24 heavy (non-hydrogen) atoms. The van der Waals surface area contributed by atoms with Crippen molar-refractivity contribution < 1.29 is 9.53 Å². The lowest BCUT2D eigenvalue weighted by atomic mass is 10.1. The highest BCUT2D eigenvalue weighted by atomic mass is 32.1. The van der Waals surface area contributed by atoms with Gasteiger partial charge in [0.2, 0.25) is 5.88 Å². The summed E-state index contributed by atoms with van der Waals surface area (Å²) >= 11 is 1.44. The predicted molar refractivity (Wildman–Crippen MR) is 95.8 cm³/mol. The maximum atomic E-state index is 12.6. The first-order valence-corrected chi connectivity index (χ1v) is 8.45. The van der Waals surface area contributed by atoms with Crippen molar-refractivity contribution in [3.05, 3.63) is 51.7 Å². The van der Waals surface area contributed by atoms with Gasteiger partial charge in [-0.2, -0.15) is 0 Å². The molecule has 0 radical (unpaired) electrons. The van der Waals surface area contributed by atoms with Crippen LogP contribution in [0.1, 0.15) is 32.1 Å². The minimum absolute atomic E-state index is 0.0802. The van der Waals surface area contributed by atoms with E-state index < -0.39 is 0 Å². The quantitative estimate of drug-likeness (QED) is 0.788. The molecule has 3 aromatic rings. The largest absolute Gasteiger partial charge is 0.481 e. The summed E-state index contributed by atoms with van der Waals surface area (Å²) in [4.78, 5) is 22.9.